The van der Waals surface area contributed by atoms with E-state index in [1.807, 2.05) is 13.8 Å². The second kappa shape index (κ2) is 5.60. The highest BCUT2D eigenvalue weighted by Gasteiger charge is 2.15. The molecule has 0 aromatic rings. The maximum atomic E-state index is 11.4. The lowest BCUT2D eigenvalue weighted by Crippen LogP contribution is -2.45. The highest BCUT2D eigenvalue weighted by molar-refractivity contribution is 5.80. The predicted molar refractivity (Wildman–Crippen MR) is 54.2 cm³/mol. The zero-order valence-electron chi connectivity index (χ0n) is 8.79. The van der Waals surface area contributed by atoms with Gasteiger partial charge in [0.1, 0.15) is 0 Å². The smallest absolute Gasteiger partial charge is 0.238 e. The fourth-order valence-corrected chi connectivity index (χ4v) is 1.12. The van der Waals surface area contributed by atoms with Gasteiger partial charge < -0.3 is 10.2 Å². The van der Waals surface area contributed by atoms with Gasteiger partial charge in [-0.3, -0.25) is 4.79 Å². The van der Waals surface area contributed by atoms with Gasteiger partial charge in [-0.15, -0.1) is 12.3 Å². The van der Waals surface area contributed by atoms with Gasteiger partial charge in [0.15, 0.2) is 0 Å². The van der Waals surface area contributed by atoms with E-state index in [9.17, 15) is 4.79 Å². The summed E-state index contributed by atoms with van der Waals surface area (Å²) in [6.07, 6.45) is 5.80. The van der Waals surface area contributed by atoms with E-state index < -0.39 is 0 Å². The van der Waals surface area contributed by atoms with E-state index in [1.165, 1.54) is 0 Å². The Balaban J connectivity index is 3.93. The third-order valence-electron chi connectivity index (χ3n) is 1.77. The molecule has 0 heterocycles. The number of rotatable bonds is 4. The largest absolute Gasteiger partial charge is 0.347 e. The Kier molecular flexibility index (Phi) is 5.17. The van der Waals surface area contributed by atoms with Crippen molar-refractivity contribution >= 4 is 5.91 Å². The van der Waals surface area contributed by atoms with Gasteiger partial charge in [-0.2, -0.15) is 0 Å². The molecule has 0 fully saturated rings. The van der Waals surface area contributed by atoms with Crippen LogP contribution in [0.15, 0.2) is 0 Å². The minimum atomic E-state index is -0.168. The second-order valence-electron chi connectivity index (χ2n) is 3.43. The van der Waals surface area contributed by atoms with Gasteiger partial charge in [-0.05, 0) is 13.8 Å². The number of hydrogen-bond acceptors (Lipinski definition) is 2. The van der Waals surface area contributed by atoms with Gasteiger partial charge in [0.05, 0.1) is 6.04 Å². The van der Waals surface area contributed by atoms with Crippen molar-refractivity contribution in [3.8, 4) is 12.3 Å². The van der Waals surface area contributed by atoms with Crippen LogP contribution in [0.4, 0.5) is 0 Å². The molecule has 74 valence electrons. The van der Waals surface area contributed by atoms with Crippen LogP contribution in [-0.4, -0.2) is 37.0 Å². The molecule has 0 aliphatic carbocycles. The van der Waals surface area contributed by atoms with E-state index in [-0.39, 0.29) is 18.0 Å². The van der Waals surface area contributed by atoms with Crippen LogP contribution in [0.25, 0.3) is 0 Å². The maximum absolute atomic E-state index is 11.4. The Bertz CT molecular complexity index is 205. The van der Waals surface area contributed by atoms with E-state index in [0.29, 0.717) is 6.42 Å². The quantitative estimate of drug-likeness (QED) is 0.641. The highest BCUT2D eigenvalue weighted by atomic mass is 16.2. The van der Waals surface area contributed by atoms with Crippen molar-refractivity contribution in [3.05, 3.63) is 0 Å². The van der Waals surface area contributed by atoms with Gasteiger partial charge in [0, 0.05) is 26.6 Å². The summed E-state index contributed by atoms with van der Waals surface area (Å²) >= 11 is 0. The van der Waals surface area contributed by atoms with Crippen LogP contribution in [-0.2, 0) is 4.79 Å². The average molecular weight is 182 g/mol. The molecule has 0 spiro atoms. The molecule has 0 aromatic heterocycles. The molecule has 0 saturated carbocycles. The molecule has 3 nitrogen and oxygen atoms in total. The summed E-state index contributed by atoms with van der Waals surface area (Å²) in [5.41, 5.74) is 0. The second-order valence-corrected chi connectivity index (χ2v) is 3.43. The zero-order chi connectivity index (χ0) is 10.4. The van der Waals surface area contributed by atoms with Crippen molar-refractivity contribution < 1.29 is 4.79 Å². The normalized spacial score (nSPS) is 14.4. The summed E-state index contributed by atoms with van der Waals surface area (Å²) in [6.45, 7) is 3.81. The number of terminal acetylenes is 1. The van der Waals surface area contributed by atoms with Gasteiger partial charge in [-0.25, -0.2) is 0 Å². The summed E-state index contributed by atoms with van der Waals surface area (Å²) in [5.74, 6) is 2.63. The topological polar surface area (TPSA) is 32.3 Å². The van der Waals surface area contributed by atoms with Crippen molar-refractivity contribution in [1.82, 2.24) is 10.2 Å². The number of likely N-dealkylation sites (N-methyl/N-ethyl adjacent to an activating group) is 1. The van der Waals surface area contributed by atoms with E-state index in [0.717, 1.165) is 0 Å². The van der Waals surface area contributed by atoms with Crippen molar-refractivity contribution in [2.45, 2.75) is 32.4 Å². The van der Waals surface area contributed by atoms with Crippen LogP contribution in [0.2, 0.25) is 0 Å². The van der Waals surface area contributed by atoms with Gasteiger partial charge >= 0.3 is 0 Å². The summed E-state index contributed by atoms with van der Waals surface area (Å²) in [5, 5.41) is 3.13. The summed E-state index contributed by atoms with van der Waals surface area (Å²) in [4.78, 5) is 13.0. The number of carbonyl (C=O) groups is 1. The minimum absolute atomic E-state index is 0.0730. The molecule has 3 heteroatoms. The number of amides is 1. The first-order chi connectivity index (χ1) is 5.99. The molecule has 13 heavy (non-hydrogen) atoms. The van der Waals surface area contributed by atoms with Crippen molar-refractivity contribution in [1.29, 1.82) is 0 Å². The van der Waals surface area contributed by atoms with E-state index in [4.69, 9.17) is 6.42 Å². The zero-order valence-corrected chi connectivity index (χ0v) is 8.79. The van der Waals surface area contributed by atoms with Crippen LogP contribution in [0.5, 0.6) is 0 Å². The lowest BCUT2D eigenvalue weighted by molar-refractivity contribution is -0.130. The lowest BCUT2D eigenvalue weighted by Gasteiger charge is -2.20. The standard InChI is InChI=1S/C10H18N2O/c1-6-7-8(2)11-9(3)10(13)12(4)5/h1,8-9,11H,7H2,2-5H3. The lowest BCUT2D eigenvalue weighted by atomic mass is 10.2. The summed E-state index contributed by atoms with van der Waals surface area (Å²) < 4.78 is 0. The Morgan fingerprint density at radius 3 is 2.46 bits per heavy atom. The van der Waals surface area contributed by atoms with Gasteiger partial charge in [0.25, 0.3) is 0 Å². The molecule has 0 aliphatic rings. The van der Waals surface area contributed by atoms with Gasteiger partial charge in [0.2, 0.25) is 5.91 Å². The molecule has 2 atom stereocenters. The first-order valence-electron chi connectivity index (χ1n) is 4.39. The first-order valence-corrected chi connectivity index (χ1v) is 4.39. The SMILES string of the molecule is C#CCC(C)NC(C)C(=O)N(C)C. The van der Waals surface area contributed by atoms with Crippen LogP contribution in [0.1, 0.15) is 20.3 Å². The molecule has 1 N–H and O–H groups in total. The third-order valence-corrected chi connectivity index (χ3v) is 1.77. The molecule has 1 amide bonds. The number of nitrogens with zero attached hydrogens (tertiary/aromatic N) is 1. The first kappa shape index (κ1) is 12.0. The van der Waals surface area contributed by atoms with Crippen LogP contribution in [0.3, 0.4) is 0 Å². The molecule has 2 unspecified atom stereocenters. The molecule has 0 saturated heterocycles. The van der Waals surface area contributed by atoms with Crippen LogP contribution < -0.4 is 5.32 Å². The van der Waals surface area contributed by atoms with E-state index in [1.54, 1.807) is 19.0 Å². The molecular formula is C10H18N2O. The maximum Gasteiger partial charge on any atom is 0.238 e. The molecule has 0 bridgehead atoms. The molecule has 0 aromatic carbocycles. The fraction of sp³-hybridized carbons (Fsp3) is 0.700. The number of carbonyl (C=O) groups excluding carboxylic acids is 1. The van der Waals surface area contributed by atoms with Gasteiger partial charge in [-0.1, -0.05) is 0 Å². The summed E-state index contributed by atoms with van der Waals surface area (Å²) in [7, 11) is 3.48. The number of hydrogen-bond donors (Lipinski definition) is 1. The highest BCUT2D eigenvalue weighted by Crippen LogP contribution is 1.94. The molecule has 0 rings (SSSR count). The predicted octanol–water partition coefficient (Wildman–Crippen LogP) is 0.464. The minimum Gasteiger partial charge on any atom is -0.347 e. The number of nitrogens with one attached hydrogen (secondary N) is 1. The van der Waals surface area contributed by atoms with E-state index >= 15 is 0 Å². The Labute approximate surface area is 80.5 Å². The monoisotopic (exact) mass is 182 g/mol. The van der Waals surface area contributed by atoms with Crippen LogP contribution >= 0.6 is 0 Å². The Morgan fingerprint density at radius 2 is 2.08 bits per heavy atom. The fourth-order valence-electron chi connectivity index (χ4n) is 1.12. The molecule has 0 aliphatic heterocycles. The van der Waals surface area contributed by atoms with Crippen molar-refractivity contribution in [3.63, 3.8) is 0 Å². The van der Waals surface area contributed by atoms with Crippen molar-refractivity contribution in [2.24, 2.45) is 0 Å². The summed E-state index contributed by atoms with van der Waals surface area (Å²) in [6, 6.07) is 0.0160. The average Bonchev–Trinajstić information content (AvgIpc) is 2.03. The van der Waals surface area contributed by atoms with Crippen LogP contribution in [0, 0.1) is 12.3 Å². The van der Waals surface area contributed by atoms with E-state index in [2.05, 4.69) is 11.2 Å². The Hall–Kier alpha value is -1.01. The molecule has 0 radical (unpaired) electrons. The molecular weight excluding hydrogens is 164 g/mol. The Morgan fingerprint density at radius 1 is 1.54 bits per heavy atom. The van der Waals surface area contributed by atoms with Crippen molar-refractivity contribution in [2.75, 3.05) is 14.1 Å². The third kappa shape index (κ3) is 4.54.